The average Bonchev–Trinajstić information content (AvgIpc) is 3.35. The summed E-state index contributed by atoms with van der Waals surface area (Å²) in [6.45, 7) is 7.12. The molecule has 0 radical (unpaired) electrons. The number of halogens is 2. The fourth-order valence-corrected chi connectivity index (χ4v) is 5.49. The number of benzene rings is 2. The maximum atomic E-state index is 14.4. The zero-order valence-electron chi connectivity index (χ0n) is 19.9. The topological polar surface area (TPSA) is 80.1 Å². The highest BCUT2D eigenvalue weighted by Crippen LogP contribution is 2.36. The van der Waals surface area contributed by atoms with Gasteiger partial charge in [0.2, 0.25) is 0 Å². The molecule has 2 heterocycles. The molecule has 1 aliphatic heterocycles. The van der Waals surface area contributed by atoms with Crippen molar-refractivity contribution in [2.75, 3.05) is 18.3 Å². The Balaban J connectivity index is 1.73. The summed E-state index contributed by atoms with van der Waals surface area (Å²) >= 11 is 6.08. The second-order valence-electron chi connectivity index (χ2n) is 9.77. The number of anilines is 1. The van der Waals surface area contributed by atoms with Crippen molar-refractivity contribution >= 4 is 27.3 Å². The molecule has 1 N–H and O–H groups in total. The highest BCUT2D eigenvalue weighted by molar-refractivity contribution is 7.92. The molecule has 1 saturated heterocycles. The second-order valence-corrected chi connectivity index (χ2v) is 11.9. The third kappa shape index (κ3) is 4.69. The van der Waals surface area contributed by atoms with Crippen LogP contribution in [0.3, 0.4) is 0 Å². The highest BCUT2D eigenvalue weighted by Gasteiger charge is 2.29. The third-order valence-corrected chi connectivity index (χ3v) is 7.97. The van der Waals surface area contributed by atoms with Crippen molar-refractivity contribution in [1.82, 2.24) is 19.7 Å². The van der Waals surface area contributed by atoms with Gasteiger partial charge in [-0.1, -0.05) is 44.5 Å². The minimum absolute atomic E-state index is 0.0450. The van der Waals surface area contributed by atoms with Gasteiger partial charge in [-0.2, -0.15) is 0 Å². The van der Waals surface area contributed by atoms with Crippen LogP contribution in [0.25, 0.3) is 11.4 Å². The minimum atomic E-state index is -3.99. The van der Waals surface area contributed by atoms with Crippen LogP contribution in [0, 0.1) is 5.82 Å². The normalized spacial score (nSPS) is 17.3. The Hall–Kier alpha value is -2.49. The summed E-state index contributed by atoms with van der Waals surface area (Å²) in [6.07, 6.45) is 2.02. The predicted molar refractivity (Wildman–Crippen MR) is 132 cm³/mol. The van der Waals surface area contributed by atoms with Crippen molar-refractivity contribution < 1.29 is 12.8 Å². The monoisotopic (exact) mass is 505 g/mol. The molecule has 1 fully saturated rings. The van der Waals surface area contributed by atoms with E-state index in [1.807, 2.05) is 18.7 Å². The van der Waals surface area contributed by atoms with Crippen LogP contribution in [-0.4, -0.2) is 41.7 Å². The molecule has 0 aliphatic carbocycles. The first kappa shape index (κ1) is 24.6. The van der Waals surface area contributed by atoms with Crippen molar-refractivity contribution in [2.24, 2.45) is 7.05 Å². The van der Waals surface area contributed by atoms with Gasteiger partial charge >= 0.3 is 0 Å². The number of hydrogen-bond acceptors (Lipinski definition) is 5. The Morgan fingerprint density at radius 1 is 1.12 bits per heavy atom. The SMILES string of the molecule is CN1CCC[C@@H]1c1nnc(-c2cc(Cl)c(F)cc2NS(=O)(=O)c2ccc(C(C)(C)C)cc2)n1C. The fourth-order valence-electron chi connectivity index (χ4n) is 4.26. The summed E-state index contributed by atoms with van der Waals surface area (Å²) in [5.41, 5.74) is 1.29. The number of aromatic nitrogens is 3. The molecule has 7 nitrogen and oxygen atoms in total. The van der Waals surface area contributed by atoms with E-state index in [1.165, 1.54) is 6.07 Å². The number of sulfonamides is 1. The lowest BCUT2D eigenvalue weighted by atomic mass is 9.87. The zero-order valence-corrected chi connectivity index (χ0v) is 21.5. The van der Waals surface area contributed by atoms with E-state index < -0.39 is 15.8 Å². The standard InChI is InChI=1S/C24H29ClFN5O2S/c1-24(2,3)15-8-10-16(11-9-15)34(32,33)29-20-14-19(26)18(25)13-17(20)22-27-28-23(31(22)5)21-7-6-12-30(21)4/h8-11,13-14,21,29H,6-7,12H2,1-5H3/t21-/m1/s1. The van der Waals surface area contributed by atoms with Gasteiger partial charge in [-0.15, -0.1) is 10.2 Å². The molecule has 0 unspecified atom stereocenters. The first-order valence-corrected chi connectivity index (χ1v) is 13.0. The first-order valence-electron chi connectivity index (χ1n) is 11.1. The Bertz CT molecular complexity index is 1320. The molecule has 182 valence electrons. The molecule has 3 aromatic rings. The lowest BCUT2D eigenvalue weighted by Gasteiger charge is -2.20. The van der Waals surface area contributed by atoms with Crippen molar-refractivity contribution in [3.05, 3.63) is 58.6 Å². The van der Waals surface area contributed by atoms with Crippen LogP contribution in [0.2, 0.25) is 5.02 Å². The van der Waals surface area contributed by atoms with Gasteiger partial charge in [0.15, 0.2) is 5.82 Å². The molecule has 2 aromatic carbocycles. The van der Waals surface area contributed by atoms with Gasteiger partial charge in [0, 0.05) is 18.7 Å². The van der Waals surface area contributed by atoms with Gasteiger partial charge in [0.1, 0.15) is 11.6 Å². The average molecular weight is 506 g/mol. The summed E-state index contributed by atoms with van der Waals surface area (Å²) in [5, 5.41) is 8.54. The molecular weight excluding hydrogens is 477 g/mol. The van der Waals surface area contributed by atoms with Crippen LogP contribution in [0.15, 0.2) is 41.3 Å². The van der Waals surface area contributed by atoms with Gasteiger partial charge in [-0.05, 0) is 55.6 Å². The number of hydrogen-bond donors (Lipinski definition) is 1. The van der Waals surface area contributed by atoms with Gasteiger partial charge < -0.3 is 4.57 Å². The smallest absolute Gasteiger partial charge is 0.261 e. The van der Waals surface area contributed by atoms with E-state index >= 15 is 0 Å². The van der Waals surface area contributed by atoms with Crippen molar-refractivity contribution in [3.8, 4) is 11.4 Å². The summed E-state index contributed by atoms with van der Waals surface area (Å²) in [4.78, 5) is 2.28. The Morgan fingerprint density at radius 2 is 1.79 bits per heavy atom. The van der Waals surface area contributed by atoms with E-state index in [2.05, 4.69) is 40.6 Å². The van der Waals surface area contributed by atoms with Crippen LogP contribution >= 0.6 is 11.6 Å². The molecule has 0 amide bonds. The van der Waals surface area contributed by atoms with Gasteiger partial charge in [-0.25, -0.2) is 12.8 Å². The lowest BCUT2D eigenvalue weighted by molar-refractivity contribution is 0.300. The molecule has 10 heteroatoms. The molecule has 1 atom stereocenters. The summed E-state index contributed by atoms with van der Waals surface area (Å²) in [5.74, 6) is 0.434. The van der Waals surface area contributed by atoms with Crippen LogP contribution in [-0.2, 0) is 22.5 Å². The van der Waals surface area contributed by atoms with Crippen molar-refractivity contribution in [2.45, 2.75) is 50.0 Å². The maximum absolute atomic E-state index is 14.4. The van der Waals surface area contributed by atoms with Crippen LogP contribution < -0.4 is 4.72 Å². The third-order valence-electron chi connectivity index (χ3n) is 6.30. The van der Waals surface area contributed by atoms with Crippen LogP contribution in [0.5, 0.6) is 0 Å². The molecule has 1 aromatic heterocycles. The Labute approximate surface area is 205 Å². The Morgan fingerprint density at radius 3 is 2.38 bits per heavy atom. The quantitative estimate of drug-likeness (QED) is 0.519. The van der Waals surface area contributed by atoms with E-state index in [0.29, 0.717) is 11.4 Å². The van der Waals surface area contributed by atoms with Crippen LogP contribution in [0.1, 0.15) is 51.0 Å². The number of likely N-dealkylation sites (tertiary alicyclic amines) is 1. The summed E-state index contributed by atoms with van der Waals surface area (Å²) in [6, 6.07) is 9.23. The number of nitrogens with zero attached hydrogens (tertiary/aromatic N) is 4. The number of nitrogens with one attached hydrogen (secondary N) is 1. The lowest BCUT2D eigenvalue weighted by Crippen LogP contribution is -2.20. The van der Waals surface area contributed by atoms with E-state index in [1.54, 1.807) is 24.3 Å². The largest absolute Gasteiger partial charge is 0.313 e. The minimum Gasteiger partial charge on any atom is -0.313 e. The number of rotatable bonds is 5. The second kappa shape index (κ2) is 8.94. The highest BCUT2D eigenvalue weighted by atomic mass is 35.5. The molecule has 0 bridgehead atoms. The van der Waals surface area contributed by atoms with E-state index in [-0.39, 0.29) is 27.1 Å². The summed E-state index contributed by atoms with van der Waals surface area (Å²) in [7, 11) is -0.142. The molecular formula is C24H29ClFN5O2S. The predicted octanol–water partition coefficient (Wildman–Crippen LogP) is 5.14. The Kier molecular flexibility index (Phi) is 6.48. The summed E-state index contributed by atoms with van der Waals surface area (Å²) < 4.78 is 45.1. The van der Waals surface area contributed by atoms with Crippen molar-refractivity contribution in [1.29, 1.82) is 0 Å². The van der Waals surface area contributed by atoms with E-state index in [0.717, 1.165) is 36.8 Å². The van der Waals surface area contributed by atoms with Crippen LogP contribution in [0.4, 0.5) is 10.1 Å². The molecule has 1 aliphatic rings. The first-order chi connectivity index (χ1) is 15.9. The van der Waals surface area contributed by atoms with Gasteiger partial charge in [0.05, 0.1) is 21.6 Å². The maximum Gasteiger partial charge on any atom is 0.261 e. The molecule has 4 rings (SSSR count). The molecule has 0 saturated carbocycles. The molecule has 34 heavy (non-hydrogen) atoms. The van der Waals surface area contributed by atoms with Gasteiger partial charge in [-0.3, -0.25) is 9.62 Å². The van der Waals surface area contributed by atoms with Gasteiger partial charge in [0.25, 0.3) is 10.0 Å². The van der Waals surface area contributed by atoms with E-state index in [9.17, 15) is 12.8 Å². The zero-order chi connectivity index (χ0) is 24.8. The van der Waals surface area contributed by atoms with E-state index in [4.69, 9.17) is 11.6 Å². The fraction of sp³-hybridized carbons (Fsp3) is 0.417. The molecule has 0 spiro atoms. The van der Waals surface area contributed by atoms with Crippen molar-refractivity contribution in [3.63, 3.8) is 0 Å².